The fourth-order valence-corrected chi connectivity index (χ4v) is 5.33. The molecule has 2 atom stereocenters. The van der Waals surface area contributed by atoms with E-state index in [2.05, 4.69) is 20.1 Å². The summed E-state index contributed by atoms with van der Waals surface area (Å²) in [6, 6.07) is 12.3. The van der Waals surface area contributed by atoms with Crippen LogP contribution in [0.1, 0.15) is 5.56 Å². The van der Waals surface area contributed by atoms with Crippen LogP contribution in [0.2, 0.25) is 0 Å². The largest absolute Gasteiger partial charge is 0.377 e. The zero-order chi connectivity index (χ0) is 24.2. The summed E-state index contributed by atoms with van der Waals surface area (Å²) in [5.41, 5.74) is 3.35. The number of aliphatic hydroxyl groups is 1. The number of benzene rings is 2. The van der Waals surface area contributed by atoms with Gasteiger partial charge < -0.3 is 19.6 Å². The standard InChI is InChI=1S/C24H24N6O4S/c1-35(32,33)18-6-2-15(3-7-18)13-30-20-12-25-22(16-4-5-17-11-26-28-19(17)10-16)27-23(20)29-8-9-34-14-21(29)24(30)31/h2-7,10-12,21,24,31H,8-9,13-14H2,1H3,(H,26,28). The molecule has 2 N–H and O–H groups in total. The summed E-state index contributed by atoms with van der Waals surface area (Å²) in [5, 5.41) is 19.3. The molecule has 2 aliphatic rings. The third kappa shape index (κ3) is 3.91. The lowest BCUT2D eigenvalue weighted by molar-refractivity contribution is 0.0296. The Bertz CT molecular complexity index is 1500. The molecule has 0 amide bonds. The smallest absolute Gasteiger partial charge is 0.175 e. The van der Waals surface area contributed by atoms with Gasteiger partial charge in [0.05, 0.1) is 42.1 Å². The average molecular weight is 493 g/mol. The van der Waals surface area contributed by atoms with E-state index in [1.54, 1.807) is 36.7 Å². The Labute approximate surface area is 202 Å². The van der Waals surface area contributed by atoms with Crippen molar-refractivity contribution in [3.05, 3.63) is 60.4 Å². The van der Waals surface area contributed by atoms with E-state index in [1.165, 1.54) is 6.26 Å². The second kappa shape index (κ2) is 8.29. The van der Waals surface area contributed by atoms with Gasteiger partial charge >= 0.3 is 0 Å². The number of hydrogen-bond donors (Lipinski definition) is 2. The first kappa shape index (κ1) is 22.0. The van der Waals surface area contributed by atoms with Gasteiger partial charge in [0.1, 0.15) is 11.9 Å². The number of H-pyrrole nitrogens is 1. The molecule has 2 aliphatic heterocycles. The highest BCUT2D eigenvalue weighted by Gasteiger charge is 2.41. The molecule has 0 saturated carbocycles. The molecule has 0 aliphatic carbocycles. The van der Waals surface area contributed by atoms with Crippen LogP contribution in [-0.2, 0) is 21.1 Å². The normalized spacial score (nSPS) is 20.1. The summed E-state index contributed by atoms with van der Waals surface area (Å²) in [5.74, 6) is 1.32. The highest BCUT2D eigenvalue weighted by Crippen LogP contribution is 2.39. The quantitative estimate of drug-likeness (QED) is 0.440. The molecule has 11 heteroatoms. The fourth-order valence-electron chi connectivity index (χ4n) is 4.70. The first-order valence-corrected chi connectivity index (χ1v) is 13.2. The number of sulfone groups is 1. The number of nitrogens with zero attached hydrogens (tertiary/aromatic N) is 5. The van der Waals surface area contributed by atoms with Gasteiger partial charge in [-0.05, 0) is 23.8 Å². The van der Waals surface area contributed by atoms with E-state index in [4.69, 9.17) is 9.72 Å². The molecule has 0 bridgehead atoms. The van der Waals surface area contributed by atoms with Gasteiger partial charge in [-0.2, -0.15) is 5.10 Å². The lowest BCUT2D eigenvalue weighted by atomic mass is 10.1. The fraction of sp³-hybridized carbons (Fsp3) is 0.292. The van der Waals surface area contributed by atoms with Crippen LogP contribution in [0.4, 0.5) is 11.5 Å². The molecular weight excluding hydrogens is 468 g/mol. The van der Waals surface area contributed by atoms with Gasteiger partial charge in [0.25, 0.3) is 0 Å². The maximum absolute atomic E-state index is 11.8. The summed E-state index contributed by atoms with van der Waals surface area (Å²) < 4.78 is 29.3. The molecule has 35 heavy (non-hydrogen) atoms. The second-order valence-electron chi connectivity index (χ2n) is 8.87. The van der Waals surface area contributed by atoms with Crippen LogP contribution in [0.3, 0.4) is 0 Å². The Balaban J connectivity index is 1.39. The molecule has 2 aromatic heterocycles. The zero-order valence-electron chi connectivity index (χ0n) is 19.0. The van der Waals surface area contributed by atoms with E-state index in [9.17, 15) is 13.5 Å². The maximum atomic E-state index is 11.8. The molecule has 1 fully saturated rings. The molecule has 10 nitrogen and oxygen atoms in total. The lowest BCUT2D eigenvalue weighted by Gasteiger charge is -2.48. The van der Waals surface area contributed by atoms with Crippen molar-refractivity contribution in [2.24, 2.45) is 0 Å². The van der Waals surface area contributed by atoms with Gasteiger partial charge in [0.2, 0.25) is 0 Å². The van der Waals surface area contributed by atoms with Crippen LogP contribution in [0.15, 0.2) is 59.8 Å². The van der Waals surface area contributed by atoms with Gasteiger partial charge in [0.15, 0.2) is 21.5 Å². The molecular formula is C24H24N6O4S. The van der Waals surface area contributed by atoms with Crippen molar-refractivity contribution in [2.45, 2.75) is 23.7 Å². The molecule has 0 spiro atoms. The Morgan fingerprint density at radius 1 is 1.17 bits per heavy atom. The monoisotopic (exact) mass is 492 g/mol. The molecule has 2 aromatic carbocycles. The van der Waals surface area contributed by atoms with Crippen molar-refractivity contribution in [2.75, 3.05) is 35.8 Å². The number of rotatable bonds is 4. The van der Waals surface area contributed by atoms with Crippen LogP contribution in [0, 0.1) is 0 Å². The third-order valence-electron chi connectivity index (χ3n) is 6.57. The zero-order valence-corrected chi connectivity index (χ0v) is 19.8. The van der Waals surface area contributed by atoms with Gasteiger partial charge in [-0.15, -0.1) is 0 Å². The summed E-state index contributed by atoms with van der Waals surface area (Å²) in [7, 11) is -3.28. The number of fused-ring (bicyclic) bond motifs is 4. The number of aromatic nitrogens is 4. The first-order valence-electron chi connectivity index (χ1n) is 11.3. The second-order valence-corrected chi connectivity index (χ2v) is 10.9. The van der Waals surface area contributed by atoms with E-state index < -0.39 is 16.1 Å². The van der Waals surface area contributed by atoms with Crippen molar-refractivity contribution >= 4 is 32.2 Å². The summed E-state index contributed by atoms with van der Waals surface area (Å²) in [4.78, 5) is 13.8. The summed E-state index contributed by atoms with van der Waals surface area (Å²) in [6.07, 6.45) is 3.86. The minimum atomic E-state index is -3.28. The molecule has 1 saturated heterocycles. The minimum absolute atomic E-state index is 0.259. The maximum Gasteiger partial charge on any atom is 0.175 e. The van der Waals surface area contributed by atoms with E-state index in [0.717, 1.165) is 27.8 Å². The lowest BCUT2D eigenvalue weighted by Crippen LogP contribution is -2.61. The summed E-state index contributed by atoms with van der Waals surface area (Å²) >= 11 is 0. The Kier molecular flexibility index (Phi) is 5.20. The van der Waals surface area contributed by atoms with Crippen LogP contribution >= 0.6 is 0 Å². The van der Waals surface area contributed by atoms with Crippen molar-refractivity contribution in [3.8, 4) is 11.4 Å². The molecule has 0 radical (unpaired) electrons. The number of nitrogens with one attached hydrogen (secondary N) is 1. The van der Waals surface area contributed by atoms with Crippen molar-refractivity contribution < 1.29 is 18.3 Å². The molecule has 6 rings (SSSR count). The molecule has 4 heterocycles. The van der Waals surface area contributed by atoms with Gasteiger partial charge in [0, 0.05) is 30.3 Å². The number of aromatic amines is 1. The highest BCUT2D eigenvalue weighted by atomic mass is 32.2. The number of aliphatic hydroxyl groups excluding tert-OH is 1. The Hall–Kier alpha value is -3.54. The van der Waals surface area contributed by atoms with Crippen molar-refractivity contribution in [1.29, 1.82) is 0 Å². The SMILES string of the molecule is CS(=O)(=O)c1ccc(CN2c3cnc(-c4ccc5cn[nH]c5c4)nc3N3CCOCC3C2O)cc1. The first-order chi connectivity index (χ1) is 16.9. The third-order valence-corrected chi connectivity index (χ3v) is 7.69. The summed E-state index contributed by atoms with van der Waals surface area (Å²) in [6.45, 7) is 1.91. The van der Waals surface area contributed by atoms with Crippen molar-refractivity contribution in [1.82, 2.24) is 20.2 Å². The highest BCUT2D eigenvalue weighted by molar-refractivity contribution is 7.90. The minimum Gasteiger partial charge on any atom is -0.377 e. The molecule has 180 valence electrons. The number of morpholine rings is 1. The van der Waals surface area contributed by atoms with E-state index in [-0.39, 0.29) is 10.9 Å². The van der Waals surface area contributed by atoms with E-state index >= 15 is 0 Å². The van der Waals surface area contributed by atoms with Gasteiger partial charge in [-0.3, -0.25) is 5.10 Å². The van der Waals surface area contributed by atoms with Gasteiger partial charge in [-0.25, -0.2) is 18.4 Å². The van der Waals surface area contributed by atoms with Crippen LogP contribution in [-0.4, -0.2) is 72.0 Å². The number of hydrogen-bond acceptors (Lipinski definition) is 9. The van der Waals surface area contributed by atoms with Crippen LogP contribution < -0.4 is 9.80 Å². The topological polar surface area (TPSA) is 125 Å². The predicted molar refractivity (Wildman–Crippen MR) is 131 cm³/mol. The van der Waals surface area contributed by atoms with Crippen molar-refractivity contribution in [3.63, 3.8) is 0 Å². The van der Waals surface area contributed by atoms with Crippen LogP contribution in [0.25, 0.3) is 22.3 Å². The molecule has 4 aromatic rings. The van der Waals surface area contributed by atoms with Gasteiger partial charge in [-0.1, -0.05) is 24.3 Å². The van der Waals surface area contributed by atoms with E-state index in [0.29, 0.717) is 37.8 Å². The predicted octanol–water partition coefficient (Wildman–Crippen LogP) is 1.97. The number of ether oxygens (including phenoxy) is 1. The molecule has 2 unspecified atom stereocenters. The Morgan fingerprint density at radius 2 is 2.00 bits per heavy atom. The number of anilines is 2. The van der Waals surface area contributed by atoms with Crippen LogP contribution in [0.5, 0.6) is 0 Å². The Morgan fingerprint density at radius 3 is 2.80 bits per heavy atom. The average Bonchev–Trinajstić information content (AvgIpc) is 3.34. The van der Waals surface area contributed by atoms with E-state index in [1.807, 2.05) is 23.1 Å².